The zero-order chi connectivity index (χ0) is 12.5. The molecule has 2 atom stereocenters. The highest BCUT2D eigenvalue weighted by atomic mass is 16.7. The second-order valence-corrected chi connectivity index (χ2v) is 4.23. The third-order valence-electron chi connectivity index (χ3n) is 2.92. The van der Waals surface area contributed by atoms with Crippen molar-refractivity contribution in [2.24, 2.45) is 5.92 Å². The molecule has 0 aliphatic rings. The van der Waals surface area contributed by atoms with E-state index in [4.69, 9.17) is 9.47 Å². The summed E-state index contributed by atoms with van der Waals surface area (Å²) in [7, 11) is 1.65. The predicted molar refractivity (Wildman–Crippen MR) is 70.9 cm³/mol. The molecule has 0 spiro atoms. The van der Waals surface area contributed by atoms with Gasteiger partial charge in [0.25, 0.3) is 0 Å². The van der Waals surface area contributed by atoms with Gasteiger partial charge in [-0.1, -0.05) is 43.3 Å². The second-order valence-electron chi connectivity index (χ2n) is 4.23. The first-order valence-electron chi connectivity index (χ1n) is 6.05. The summed E-state index contributed by atoms with van der Waals surface area (Å²) < 4.78 is 10.6. The van der Waals surface area contributed by atoms with E-state index >= 15 is 0 Å². The van der Waals surface area contributed by atoms with Crippen molar-refractivity contribution in [3.05, 3.63) is 48.6 Å². The molecule has 1 aromatic carbocycles. The van der Waals surface area contributed by atoms with Gasteiger partial charge in [0.15, 0.2) is 0 Å². The summed E-state index contributed by atoms with van der Waals surface area (Å²) in [6.45, 7) is 6.29. The van der Waals surface area contributed by atoms with E-state index in [1.165, 1.54) is 5.56 Å². The average Bonchev–Trinajstić information content (AvgIpc) is 2.39. The Bertz CT molecular complexity index is 308. The van der Waals surface area contributed by atoms with Crippen LogP contribution in [-0.2, 0) is 15.9 Å². The van der Waals surface area contributed by atoms with Crippen molar-refractivity contribution in [3.63, 3.8) is 0 Å². The number of hydrogen-bond donors (Lipinski definition) is 0. The van der Waals surface area contributed by atoms with Gasteiger partial charge in [0.05, 0.1) is 6.10 Å². The lowest BCUT2D eigenvalue weighted by atomic mass is 9.98. The third-order valence-corrected chi connectivity index (χ3v) is 2.92. The fraction of sp³-hybridized carbons (Fsp3) is 0.467. The molecule has 1 aromatic rings. The molecule has 0 N–H and O–H groups in total. The van der Waals surface area contributed by atoms with Crippen LogP contribution in [0.3, 0.4) is 0 Å². The van der Waals surface area contributed by atoms with Crippen LogP contribution in [0, 0.1) is 5.92 Å². The Kier molecular flexibility index (Phi) is 6.60. The van der Waals surface area contributed by atoms with Crippen molar-refractivity contribution < 1.29 is 9.47 Å². The number of methoxy groups -OCH3 is 1. The lowest BCUT2D eigenvalue weighted by molar-refractivity contribution is -0.0851. The number of hydrogen-bond acceptors (Lipinski definition) is 2. The second kappa shape index (κ2) is 8.04. The van der Waals surface area contributed by atoms with Crippen LogP contribution in [0.1, 0.15) is 18.9 Å². The van der Waals surface area contributed by atoms with Gasteiger partial charge in [0.1, 0.15) is 6.79 Å². The van der Waals surface area contributed by atoms with Crippen LogP contribution in [0.5, 0.6) is 0 Å². The third kappa shape index (κ3) is 5.16. The average molecular weight is 234 g/mol. The summed E-state index contributed by atoms with van der Waals surface area (Å²) in [6.07, 6.45) is 4.12. The molecule has 0 saturated heterocycles. The lowest BCUT2D eigenvalue weighted by Crippen LogP contribution is -2.22. The highest BCUT2D eigenvalue weighted by Crippen LogP contribution is 2.15. The molecular formula is C15H22O2. The normalized spacial score (nSPS) is 14.2. The quantitative estimate of drug-likeness (QED) is 0.507. The summed E-state index contributed by atoms with van der Waals surface area (Å²) in [5.74, 6) is 0.342. The van der Waals surface area contributed by atoms with Gasteiger partial charge in [-0.05, 0) is 18.4 Å². The van der Waals surface area contributed by atoms with Gasteiger partial charge >= 0.3 is 0 Å². The summed E-state index contributed by atoms with van der Waals surface area (Å²) in [4.78, 5) is 0. The lowest BCUT2D eigenvalue weighted by Gasteiger charge is -2.21. The van der Waals surface area contributed by atoms with Crippen molar-refractivity contribution >= 4 is 0 Å². The minimum Gasteiger partial charge on any atom is -0.359 e. The molecule has 94 valence electrons. The van der Waals surface area contributed by atoms with E-state index in [1.807, 2.05) is 12.1 Å². The maximum absolute atomic E-state index is 5.67. The molecule has 0 aliphatic carbocycles. The van der Waals surface area contributed by atoms with Crippen LogP contribution in [0.15, 0.2) is 43.0 Å². The Balaban J connectivity index is 2.45. The maximum atomic E-state index is 5.67. The molecule has 0 saturated carbocycles. The molecule has 2 heteroatoms. The van der Waals surface area contributed by atoms with Crippen LogP contribution in [0.25, 0.3) is 0 Å². The molecule has 0 heterocycles. The van der Waals surface area contributed by atoms with E-state index in [1.54, 1.807) is 7.11 Å². The predicted octanol–water partition coefficient (Wildman–Crippen LogP) is 3.43. The monoisotopic (exact) mass is 234 g/mol. The molecule has 0 fully saturated rings. The van der Waals surface area contributed by atoms with Crippen molar-refractivity contribution in [1.82, 2.24) is 0 Å². The molecule has 1 rings (SSSR count). The van der Waals surface area contributed by atoms with Crippen LogP contribution >= 0.6 is 0 Å². The Morgan fingerprint density at radius 2 is 2.00 bits per heavy atom. The number of rotatable bonds is 8. The van der Waals surface area contributed by atoms with Crippen LogP contribution < -0.4 is 0 Å². The first kappa shape index (κ1) is 13.9. The van der Waals surface area contributed by atoms with Gasteiger partial charge in [-0.25, -0.2) is 0 Å². The molecule has 0 aromatic heterocycles. The van der Waals surface area contributed by atoms with E-state index in [0.29, 0.717) is 12.7 Å². The molecule has 0 aliphatic heterocycles. The topological polar surface area (TPSA) is 18.5 Å². The van der Waals surface area contributed by atoms with Gasteiger partial charge in [-0.3, -0.25) is 0 Å². The van der Waals surface area contributed by atoms with E-state index in [2.05, 4.69) is 37.8 Å². The smallest absolute Gasteiger partial charge is 0.146 e. The number of ether oxygens (including phenoxy) is 2. The minimum atomic E-state index is 0.174. The van der Waals surface area contributed by atoms with Crippen LogP contribution in [0.4, 0.5) is 0 Å². The largest absolute Gasteiger partial charge is 0.359 e. The standard InChI is InChI=1S/C15H22O2/c1-4-13(2)15(17-12-16-3)11-10-14-8-6-5-7-9-14/h4-9,13,15H,1,10-12H2,2-3H3/t13-,15-/m1/s1. The fourth-order valence-corrected chi connectivity index (χ4v) is 1.76. The first-order chi connectivity index (χ1) is 8.27. The van der Waals surface area contributed by atoms with E-state index in [-0.39, 0.29) is 6.10 Å². The molecule has 0 radical (unpaired) electrons. The van der Waals surface area contributed by atoms with Crippen LogP contribution in [0.2, 0.25) is 0 Å². The number of aryl methyl sites for hydroxylation is 1. The fourth-order valence-electron chi connectivity index (χ4n) is 1.76. The molecule has 0 amide bonds. The minimum absolute atomic E-state index is 0.174. The molecule has 2 nitrogen and oxygen atoms in total. The highest BCUT2D eigenvalue weighted by molar-refractivity contribution is 5.14. The van der Waals surface area contributed by atoms with Gasteiger partial charge in [0.2, 0.25) is 0 Å². The highest BCUT2D eigenvalue weighted by Gasteiger charge is 2.15. The zero-order valence-electron chi connectivity index (χ0n) is 10.8. The van der Waals surface area contributed by atoms with Crippen molar-refractivity contribution in [3.8, 4) is 0 Å². The molecule has 0 bridgehead atoms. The zero-order valence-corrected chi connectivity index (χ0v) is 10.8. The Labute approximate surface area is 104 Å². The van der Waals surface area contributed by atoms with E-state index in [9.17, 15) is 0 Å². The summed E-state index contributed by atoms with van der Waals surface area (Å²) in [5.41, 5.74) is 1.34. The molecule has 0 unspecified atom stereocenters. The SMILES string of the molecule is C=C[C@@H](C)[C@@H](CCc1ccccc1)OCOC. The Hall–Kier alpha value is -1.12. The van der Waals surface area contributed by atoms with Crippen LogP contribution in [-0.4, -0.2) is 20.0 Å². The summed E-state index contributed by atoms with van der Waals surface area (Å²) in [5, 5.41) is 0. The van der Waals surface area contributed by atoms with E-state index in [0.717, 1.165) is 12.8 Å². The van der Waals surface area contributed by atoms with Gasteiger partial charge < -0.3 is 9.47 Å². The summed E-state index contributed by atoms with van der Waals surface area (Å²) in [6, 6.07) is 10.5. The van der Waals surface area contributed by atoms with Gasteiger partial charge in [-0.15, -0.1) is 6.58 Å². The van der Waals surface area contributed by atoms with Gasteiger partial charge in [0, 0.05) is 13.0 Å². The molecule has 17 heavy (non-hydrogen) atoms. The van der Waals surface area contributed by atoms with Crippen molar-refractivity contribution in [2.45, 2.75) is 25.9 Å². The maximum Gasteiger partial charge on any atom is 0.146 e. The Morgan fingerprint density at radius 1 is 1.29 bits per heavy atom. The summed E-state index contributed by atoms with van der Waals surface area (Å²) >= 11 is 0. The first-order valence-corrected chi connectivity index (χ1v) is 6.05. The number of benzene rings is 1. The van der Waals surface area contributed by atoms with Gasteiger partial charge in [-0.2, -0.15) is 0 Å². The Morgan fingerprint density at radius 3 is 2.59 bits per heavy atom. The van der Waals surface area contributed by atoms with Crippen molar-refractivity contribution in [1.29, 1.82) is 0 Å². The van der Waals surface area contributed by atoms with E-state index < -0.39 is 0 Å². The van der Waals surface area contributed by atoms with Crippen molar-refractivity contribution in [2.75, 3.05) is 13.9 Å². The molecular weight excluding hydrogens is 212 g/mol.